The summed E-state index contributed by atoms with van der Waals surface area (Å²) >= 11 is 0. The Labute approximate surface area is 108 Å². The summed E-state index contributed by atoms with van der Waals surface area (Å²) in [6, 6.07) is 3.09. The van der Waals surface area contributed by atoms with E-state index in [9.17, 15) is 9.90 Å². The van der Waals surface area contributed by atoms with E-state index in [-0.39, 0.29) is 17.4 Å². The van der Waals surface area contributed by atoms with Gasteiger partial charge in [0, 0.05) is 19.3 Å². The molecule has 0 aliphatic carbocycles. The molecule has 0 spiro atoms. The quantitative estimate of drug-likeness (QED) is 0.825. The molecule has 5 heteroatoms. The average Bonchev–Trinajstić information content (AvgIpc) is 2.34. The monoisotopic (exact) mass is 251 g/mol. The lowest BCUT2D eigenvalue weighted by atomic mass is 10.2. The number of nitrogens with zero attached hydrogens (tertiary/aromatic N) is 3. The Balaban J connectivity index is 2.65. The average molecular weight is 251 g/mol. The van der Waals surface area contributed by atoms with E-state index in [0.29, 0.717) is 13.1 Å². The molecule has 0 saturated heterocycles. The first-order valence-electron chi connectivity index (χ1n) is 6.14. The predicted octanol–water partition coefficient (Wildman–Crippen LogP) is 1.20. The van der Waals surface area contributed by atoms with Gasteiger partial charge in [-0.05, 0) is 46.1 Å². The van der Waals surface area contributed by atoms with Crippen LogP contribution in [0, 0.1) is 0 Å². The van der Waals surface area contributed by atoms with Gasteiger partial charge in [-0.1, -0.05) is 0 Å². The standard InChI is InChI=1S/C13H21N3O2/c1-4-16(10-6-9-15(2)3)13(18)12-11(17)7-5-8-14-12/h5,7-8,17H,4,6,9-10H2,1-3H3. The molecule has 1 amide bonds. The van der Waals surface area contributed by atoms with E-state index >= 15 is 0 Å². The zero-order chi connectivity index (χ0) is 13.5. The second kappa shape index (κ2) is 6.96. The van der Waals surface area contributed by atoms with Gasteiger partial charge in [0.05, 0.1) is 0 Å². The van der Waals surface area contributed by atoms with Crippen molar-refractivity contribution in [2.75, 3.05) is 33.7 Å². The van der Waals surface area contributed by atoms with E-state index in [1.54, 1.807) is 11.0 Å². The lowest BCUT2D eigenvalue weighted by Crippen LogP contribution is -2.33. The van der Waals surface area contributed by atoms with E-state index in [0.717, 1.165) is 13.0 Å². The first-order valence-corrected chi connectivity index (χ1v) is 6.14. The largest absolute Gasteiger partial charge is 0.505 e. The topological polar surface area (TPSA) is 56.7 Å². The van der Waals surface area contributed by atoms with Gasteiger partial charge in [0.2, 0.25) is 0 Å². The molecule has 0 radical (unpaired) electrons. The molecule has 1 N–H and O–H groups in total. The Morgan fingerprint density at radius 2 is 2.11 bits per heavy atom. The zero-order valence-corrected chi connectivity index (χ0v) is 11.3. The van der Waals surface area contributed by atoms with Crippen molar-refractivity contribution in [3.05, 3.63) is 24.0 Å². The van der Waals surface area contributed by atoms with Gasteiger partial charge in [0.15, 0.2) is 5.69 Å². The van der Waals surface area contributed by atoms with E-state index in [1.165, 1.54) is 12.3 Å². The van der Waals surface area contributed by atoms with Crippen molar-refractivity contribution in [1.82, 2.24) is 14.8 Å². The van der Waals surface area contributed by atoms with Gasteiger partial charge in [0.25, 0.3) is 5.91 Å². The molecule has 0 bridgehead atoms. The lowest BCUT2D eigenvalue weighted by molar-refractivity contribution is 0.0750. The SMILES string of the molecule is CCN(CCCN(C)C)C(=O)c1ncccc1O. The number of rotatable bonds is 6. The maximum absolute atomic E-state index is 12.2. The van der Waals surface area contributed by atoms with Crippen molar-refractivity contribution < 1.29 is 9.90 Å². The second-order valence-electron chi connectivity index (χ2n) is 4.41. The summed E-state index contributed by atoms with van der Waals surface area (Å²) in [5, 5.41) is 9.62. The minimum atomic E-state index is -0.214. The smallest absolute Gasteiger partial charge is 0.276 e. The van der Waals surface area contributed by atoms with Crippen molar-refractivity contribution in [1.29, 1.82) is 0 Å². The molecule has 0 aromatic carbocycles. The Bertz CT molecular complexity index is 394. The highest BCUT2D eigenvalue weighted by Crippen LogP contribution is 2.15. The number of hydrogen-bond acceptors (Lipinski definition) is 4. The van der Waals surface area contributed by atoms with Crippen LogP contribution in [0.4, 0.5) is 0 Å². The van der Waals surface area contributed by atoms with Gasteiger partial charge in [-0.2, -0.15) is 0 Å². The first kappa shape index (κ1) is 14.4. The highest BCUT2D eigenvalue weighted by molar-refractivity contribution is 5.94. The minimum absolute atomic E-state index is 0.0615. The van der Waals surface area contributed by atoms with Gasteiger partial charge in [-0.25, -0.2) is 4.98 Å². The van der Waals surface area contributed by atoms with E-state index in [1.807, 2.05) is 21.0 Å². The summed E-state index contributed by atoms with van der Waals surface area (Å²) in [5.41, 5.74) is 0.129. The van der Waals surface area contributed by atoms with Crippen molar-refractivity contribution in [2.45, 2.75) is 13.3 Å². The Hall–Kier alpha value is -1.62. The molecule has 0 aliphatic rings. The molecule has 0 unspecified atom stereocenters. The molecular formula is C13H21N3O2. The van der Waals surface area contributed by atoms with Crippen LogP contribution in [0.1, 0.15) is 23.8 Å². The first-order chi connectivity index (χ1) is 8.56. The van der Waals surface area contributed by atoms with Crippen molar-refractivity contribution in [2.24, 2.45) is 0 Å². The fourth-order valence-electron chi connectivity index (χ4n) is 1.69. The predicted molar refractivity (Wildman–Crippen MR) is 70.7 cm³/mol. The number of pyridine rings is 1. The van der Waals surface area contributed by atoms with Crippen LogP contribution < -0.4 is 0 Å². The van der Waals surface area contributed by atoms with Crippen molar-refractivity contribution in [3.63, 3.8) is 0 Å². The number of carbonyl (C=O) groups excluding carboxylic acids is 1. The van der Waals surface area contributed by atoms with Crippen LogP contribution >= 0.6 is 0 Å². The molecule has 1 rings (SSSR count). The summed E-state index contributed by atoms with van der Waals surface area (Å²) in [5.74, 6) is -0.275. The fourth-order valence-corrected chi connectivity index (χ4v) is 1.69. The molecule has 0 saturated carbocycles. The van der Waals surface area contributed by atoms with Gasteiger partial charge >= 0.3 is 0 Å². The van der Waals surface area contributed by atoms with Crippen LogP contribution in [0.15, 0.2) is 18.3 Å². The second-order valence-corrected chi connectivity index (χ2v) is 4.41. The fraction of sp³-hybridized carbons (Fsp3) is 0.538. The maximum atomic E-state index is 12.2. The van der Waals surface area contributed by atoms with Crippen LogP contribution in [0.3, 0.4) is 0 Å². The van der Waals surface area contributed by atoms with Crippen LogP contribution in [0.25, 0.3) is 0 Å². The third kappa shape index (κ3) is 4.00. The van der Waals surface area contributed by atoms with E-state index < -0.39 is 0 Å². The summed E-state index contributed by atoms with van der Waals surface area (Å²) in [6.07, 6.45) is 2.42. The van der Waals surface area contributed by atoms with Gasteiger partial charge < -0.3 is 14.9 Å². The summed E-state index contributed by atoms with van der Waals surface area (Å²) in [6.45, 7) is 4.14. The number of amides is 1. The molecule has 5 nitrogen and oxygen atoms in total. The van der Waals surface area contributed by atoms with Gasteiger partial charge in [-0.15, -0.1) is 0 Å². The molecule has 100 valence electrons. The molecule has 1 aromatic heterocycles. The number of carbonyl (C=O) groups is 1. The highest BCUT2D eigenvalue weighted by atomic mass is 16.3. The number of aromatic hydroxyl groups is 1. The maximum Gasteiger partial charge on any atom is 0.276 e. The normalized spacial score (nSPS) is 10.7. The summed E-state index contributed by atoms with van der Waals surface area (Å²) < 4.78 is 0. The van der Waals surface area contributed by atoms with Gasteiger partial charge in [0.1, 0.15) is 5.75 Å². The third-order valence-electron chi connectivity index (χ3n) is 2.69. The summed E-state index contributed by atoms with van der Waals surface area (Å²) in [7, 11) is 4.01. The van der Waals surface area contributed by atoms with Gasteiger partial charge in [-0.3, -0.25) is 4.79 Å². The molecule has 0 aliphatic heterocycles. The Kier molecular flexibility index (Phi) is 5.58. The Morgan fingerprint density at radius 1 is 1.39 bits per heavy atom. The molecule has 1 heterocycles. The van der Waals surface area contributed by atoms with Crippen LogP contribution in [-0.2, 0) is 0 Å². The minimum Gasteiger partial charge on any atom is -0.505 e. The number of hydrogen-bond donors (Lipinski definition) is 1. The lowest BCUT2D eigenvalue weighted by Gasteiger charge is -2.21. The Morgan fingerprint density at radius 3 is 2.67 bits per heavy atom. The van der Waals surface area contributed by atoms with Crippen molar-refractivity contribution in [3.8, 4) is 5.75 Å². The van der Waals surface area contributed by atoms with E-state index in [4.69, 9.17) is 0 Å². The van der Waals surface area contributed by atoms with Crippen LogP contribution in [0.5, 0.6) is 5.75 Å². The van der Waals surface area contributed by atoms with Crippen LogP contribution in [0.2, 0.25) is 0 Å². The third-order valence-corrected chi connectivity index (χ3v) is 2.69. The van der Waals surface area contributed by atoms with E-state index in [2.05, 4.69) is 9.88 Å². The molecule has 1 aromatic rings. The van der Waals surface area contributed by atoms with Crippen molar-refractivity contribution >= 4 is 5.91 Å². The van der Waals surface area contributed by atoms with Crippen LogP contribution in [-0.4, -0.2) is 59.5 Å². The molecule has 0 atom stereocenters. The highest BCUT2D eigenvalue weighted by Gasteiger charge is 2.18. The number of aromatic nitrogens is 1. The molecule has 0 fully saturated rings. The summed E-state index contributed by atoms with van der Waals surface area (Å²) in [4.78, 5) is 19.9. The molecular weight excluding hydrogens is 230 g/mol. The molecule has 18 heavy (non-hydrogen) atoms. The zero-order valence-electron chi connectivity index (χ0n) is 11.3.